The molecule has 1 aliphatic heterocycles. The van der Waals surface area contributed by atoms with Crippen molar-refractivity contribution in [1.82, 2.24) is 9.62 Å². The van der Waals surface area contributed by atoms with E-state index in [1.54, 1.807) is 12.1 Å². The fourth-order valence-electron chi connectivity index (χ4n) is 2.89. The number of anilines is 1. The Kier molecular flexibility index (Phi) is 6.51. The van der Waals surface area contributed by atoms with Gasteiger partial charge < -0.3 is 4.90 Å². The van der Waals surface area contributed by atoms with Crippen molar-refractivity contribution in [3.05, 3.63) is 46.3 Å². The third-order valence-corrected chi connectivity index (χ3v) is 7.83. The zero-order valence-electron chi connectivity index (χ0n) is 13.9. The summed E-state index contributed by atoms with van der Waals surface area (Å²) in [6.07, 6.45) is 0.817. The highest BCUT2D eigenvalue weighted by atomic mass is 79.9. The number of thiophene rings is 1. The van der Waals surface area contributed by atoms with Gasteiger partial charge >= 0.3 is 0 Å². The summed E-state index contributed by atoms with van der Waals surface area (Å²) in [6.45, 7) is 5.44. The summed E-state index contributed by atoms with van der Waals surface area (Å²) in [5.41, 5.74) is 1.28. The fourth-order valence-corrected chi connectivity index (χ4v) is 6.02. The maximum Gasteiger partial charge on any atom is 0.250 e. The van der Waals surface area contributed by atoms with E-state index in [1.165, 1.54) is 17.0 Å². The van der Waals surface area contributed by atoms with Crippen LogP contribution in [0.5, 0.6) is 0 Å². The highest BCUT2D eigenvalue weighted by Gasteiger charge is 2.18. The molecule has 0 amide bonds. The second-order valence-corrected chi connectivity index (χ2v) is 10.4. The molecule has 1 aromatic carbocycles. The first-order valence-electron chi connectivity index (χ1n) is 8.32. The Morgan fingerprint density at radius 2 is 1.76 bits per heavy atom. The highest BCUT2D eigenvalue weighted by molar-refractivity contribution is 9.11. The van der Waals surface area contributed by atoms with Gasteiger partial charge in [-0.25, -0.2) is 13.1 Å². The quantitative estimate of drug-likeness (QED) is 0.668. The number of halogens is 1. The number of hydrogen-bond acceptors (Lipinski definition) is 5. The van der Waals surface area contributed by atoms with E-state index in [1.807, 2.05) is 6.07 Å². The molecule has 136 valence electrons. The fraction of sp³-hybridized carbons (Fsp3) is 0.412. The molecule has 25 heavy (non-hydrogen) atoms. The van der Waals surface area contributed by atoms with Crippen LogP contribution in [0.2, 0.25) is 0 Å². The van der Waals surface area contributed by atoms with Gasteiger partial charge in [-0.2, -0.15) is 0 Å². The van der Waals surface area contributed by atoms with Crippen molar-refractivity contribution in [2.45, 2.75) is 10.6 Å². The number of para-hydroxylation sites is 1. The van der Waals surface area contributed by atoms with Crippen molar-refractivity contribution >= 4 is 43.0 Å². The number of nitrogens with one attached hydrogen (secondary N) is 1. The Morgan fingerprint density at radius 3 is 2.40 bits per heavy atom. The predicted octanol–water partition coefficient (Wildman–Crippen LogP) is 3.00. The lowest BCUT2D eigenvalue weighted by atomic mass is 10.2. The van der Waals surface area contributed by atoms with Crippen molar-refractivity contribution in [3.63, 3.8) is 0 Å². The molecule has 1 saturated heterocycles. The van der Waals surface area contributed by atoms with Crippen LogP contribution in [0.1, 0.15) is 6.42 Å². The van der Waals surface area contributed by atoms with E-state index < -0.39 is 10.0 Å². The summed E-state index contributed by atoms with van der Waals surface area (Å²) in [5, 5.41) is 0. The Balaban J connectivity index is 1.38. The topological polar surface area (TPSA) is 52.7 Å². The van der Waals surface area contributed by atoms with Gasteiger partial charge in [0.1, 0.15) is 4.21 Å². The zero-order valence-corrected chi connectivity index (χ0v) is 17.1. The van der Waals surface area contributed by atoms with Gasteiger partial charge in [0.25, 0.3) is 0 Å². The third-order valence-electron chi connectivity index (χ3n) is 4.25. The van der Waals surface area contributed by atoms with E-state index in [9.17, 15) is 8.42 Å². The lowest BCUT2D eigenvalue weighted by molar-refractivity contribution is 0.255. The molecular weight excluding hydrogens is 422 g/mol. The van der Waals surface area contributed by atoms with Crippen molar-refractivity contribution in [2.24, 2.45) is 0 Å². The van der Waals surface area contributed by atoms with Gasteiger partial charge in [0.2, 0.25) is 10.0 Å². The molecular formula is C17H22BrN3O2S2. The number of piperazine rings is 1. The molecule has 0 spiro atoms. The summed E-state index contributed by atoms with van der Waals surface area (Å²) in [7, 11) is -3.38. The molecule has 1 aliphatic rings. The lowest BCUT2D eigenvalue weighted by Crippen LogP contribution is -2.47. The van der Waals surface area contributed by atoms with Crippen LogP contribution >= 0.6 is 27.3 Å². The molecule has 2 aromatic rings. The van der Waals surface area contributed by atoms with Crippen molar-refractivity contribution in [2.75, 3.05) is 44.2 Å². The standard InChI is InChI=1S/C17H22BrN3O2S2/c18-16-7-8-17(24-16)25(22,23)19-9-4-10-20-11-13-21(14-12-20)15-5-2-1-3-6-15/h1-3,5-8,19H,4,9-14H2. The molecule has 3 rings (SSSR count). The van der Waals surface area contributed by atoms with Crippen LogP contribution in [0, 0.1) is 0 Å². The van der Waals surface area contributed by atoms with Gasteiger partial charge in [0.05, 0.1) is 3.79 Å². The average Bonchev–Trinajstić information content (AvgIpc) is 3.07. The first kappa shape index (κ1) is 18.8. The summed E-state index contributed by atoms with van der Waals surface area (Å²) in [5.74, 6) is 0. The van der Waals surface area contributed by atoms with Crippen LogP contribution in [0.25, 0.3) is 0 Å². The lowest BCUT2D eigenvalue weighted by Gasteiger charge is -2.36. The summed E-state index contributed by atoms with van der Waals surface area (Å²) in [4.78, 5) is 4.79. The Hall–Kier alpha value is -0.930. The van der Waals surface area contributed by atoms with E-state index in [0.29, 0.717) is 10.8 Å². The Morgan fingerprint density at radius 1 is 1.04 bits per heavy atom. The van der Waals surface area contributed by atoms with Gasteiger partial charge in [0, 0.05) is 38.4 Å². The molecule has 5 nitrogen and oxygen atoms in total. The molecule has 8 heteroatoms. The molecule has 2 heterocycles. The van der Waals surface area contributed by atoms with Crippen molar-refractivity contribution < 1.29 is 8.42 Å². The van der Waals surface area contributed by atoms with Crippen LogP contribution in [0.4, 0.5) is 5.69 Å². The molecule has 0 unspecified atom stereocenters. The van der Waals surface area contributed by atoms with Gasteiger partial charge in [0.15, 0.2) is 0 Å². The number of nitrogens with zero attached hydrogens (tertiary/aromatic N) is 2. The first-order valence-corrected chi connectivity index (χ1v) is 11.4. The monoisotopic (exact) mass is 443 g/mol. The normalized spacial score (nSPS) is 16.3. The molecule has 1 N–H and O–H groups in total. The molecule has 0 radical (unpaired) electrons. The highest BCUT2D eigenvalue weighted by Crippen LogP contribution is 2.25. The number of benzene rings is 1. The van der Waals surface area contributed by atoms with Crippen molar-refractivity contribution in [1.29, 1.82) is 0 Å². The van der Waals surface area contributed by atoms with E-state index in [0.717, 1.165) is 42.9 Å². The van der Waals surface area contributed by atoms with Crippen LogP contribution in [-0.2, 0) is 10.0 Å². The van der Waals surface area contributed by atoms with Crippen LogP contribution < -0.4 is 9.62 Å². The smallest absolute Gasteiger partial charge is 0.250 e. The number of hydrogen-bond donors (Lipinski definition) is 1. The van der Waals surface area contributed by atoms with Gasteiger partial charge in [-0.1, -0.05) is 18.2 Å². The molecule has 0 aliphatic carbocycles. The maximum atomic E-state index is 12.2. The van der Waals surface area contributed by atoms with Gasteiger partial charge in [-0.3, -0.25) is 4.90 Å². The minimum absolute atomic E-state index is 0.357. The van der Waals surface area contributed by atoms with Crippen LogP contribution in [0.3, 0.4) is 0 Å². The minimum atomic E-state index is -3.38. The van der Waals surface area contributed by atoms with Gasteiger partial charge in [-0.15, -0.1) is 11.3 Å². The molecule has 1 aromatic heterocycles. The largest absolute Gasteiger partial charge is 0.369 e. The van der Waals surface area contributed by atoms with Crippen LogP contribution in [0.15, 0.2) is 50.5 Å². The average molecular weight is 444 g/mol. The van der Waals surface area contributed by atoms with Crippen molar-refractivity contribution in [3.8, 4) is 0 Å². The predicted molar refractivity (Wildman–Crippen MR) is 107 cm³/mol. The number of sulfonamides is 1. The molecule has 1 fully saturated rings. The Bertz CT molecular complexity index is 772. The Labute approximate surface area is 161 Å². The molecule has 0 bridgehead atoms. The molecule has 0 atom stereocenters. The summed E-state index contributed by atoms with van der Waals surface area (Å²) < 4.78 is 28.2. The van der Waals surface area contributed by atoms with Gasteiger partial charge in [-0.05, 0) is 53.2 Å². The third kappa shape index (κ3) is 5.27. The first-order chi connectivity index (χ1) is 12.0. The van der Waals surface area contributed by atoms with E-state index in [4.69, 9.17) is 0 Å². The SMILES string of the molecule is O=S(=O)(NCCCN1CCN(c2ccccc2)CC1)c1ccc(Br)s1. The minimum Gasteiger partial charge on any atom is -0.369 e. The molecule has 0 saturated carbocycles. The second kappa shape index (κ2) is 8.64. The zero-order chi connectivity index (χ0) is 17.7. The summed E-state index contributed by atoms with van der Waals surface area (Å²) in [6, 6.07) is 13.8. The number of rotatable bonds is 7. The van der Waals surface area contributed by atoms with E-state index >= 15 is 0 Å². The summed E-state index contributed by atoms with van der Waals surface area (Å²) >= 11 is 4.53. The van der Waals surface area contributed by atoms with Crippen LogP contribution in [-0.4, -0.2) is 52.6 Å². The second-order valence-electron chi connectivity index (χ2n) is 5.97. The van der Waals surface area contributed by atoms with E-state index in [2.05, 4.69) is 54.7 Å². The van der Waals surface area contributed by atoms with E-state index in [-0.39, 0.29) is 0 Å². The maximum absolute atomic E-state index is 12.2.